The standard InChI is InChI=1S/C15H18BrN3/c1-11-5-12(16)7-13(6-11)19-10-18-8-14(19)15(2)3-4-17-9-15/h5-8,10,17H,3-4,9H2,1-2H3. The molecule has 1 aromatic heterocycles. The van der Waals surface area contributed by atoms with Crippen molar-refractivity contribution >= 4 is 15.9 Å². The first kappa shape index (κ1) is 12.9. The number of aromatic nitrogens is 2. The Kier molecular flexibility index (Phi) is 3.23. The van der Waals surface area contributed by atoms with Gasteiger partial charge in [0.25, 0.3) is 0 Å². The molecule has 2 heterocycles. The van der Waals surface area contributed by atoms with E-state index in [1.54, 1.807) is 0 Å². The van der Waals surface area contributed by atoms with Crippen molar-refractivity contribution in [3.8, 4) is 5.69 Å². The summed E-state index contributed by atoms with van der Waals surface area (Å²) < 4.78 is 3.32. The van der Waals surface area contributed by atoms with Crippen LogP contribution in [-0.4, -0.2) is 22.6 Å². The summed E-state index contributed by atoms with van der Waals surface area (Å²) in [4.78, 5) is 4.37. The largest absolute Gasteiger partial charge is 0.316 e. The normalized spacial score (nSPS) is 22.9. The van der Waals surface area contributed by atoms with Gasteiger partial charge < -0.3 is 9.88 Å². The van der Waals surface area contributed by atoms with Gasteiger partial charge in [0, 0.05) is 34.0 Å². The molecule has 0 bridgehead atoms. The second-order valence-corrected chi connectivity index (χ2v) is 6.54. The van der Waals surface area contributed by atoms with Crippen LogP contribution in [-0.2, 0) is 5.41 Å². The summed E-state index contributed by atoms with van der Waals surface area (Å²) in [6.45, 7) is 6.53. The first-order valence-electron chi connectivity index (χ1n) is 6.60. The molecule has 3 nitrogen and oxygen atoms in total. The predicted molar refractivity (Wildman–Crippen MR) is 80.8 cm³/mol. The maximum atomic E-state index is 4.37. The zero-order valence-corrected chi connectivity index (χ0v) is 12.9. The predicted octanol–water partition coefficient (Wildman–Crippen LogP) is 3.19. The smallest absolute Gasteiger partial charge is 0.0994 e. The monoisotopic (exact) mass is 319 g/mol. The van der Waals surface area contributed by atoms with Gasteiger partial charge in [-0.3, -0.25) is 0 Å². The van der Waals surface area contributed by atoms with Gasteiger partial charge in [-0.25, -0.2) is 4.98 Å². The Bertz CT molecular complexity index is 577. The minimum atomic E-state index is 0.173. The van der Waals surface area contributed by atoms with E-state index in [0.717, 1.165) is 24.0 Å². The molecule has 19 heavy (non-hydrogen) atoms. The molecular weight excluding hydrogens is 302 g/mol. The maximum Gasteiger partial charge on any atom is 0.0994 e. The van der Waals surface area contributed by atoms with Crippen LogP contribution in [0.5, 0.6) is 0 Å². The quantitative estimate of drug-likeness (QED) is 0.921. The van der Waals surface area contributed by atoms with Crippen molar-refractivity contribution in [3.05, 3.63) is 46.5 Å². The van der Waals surface area contributed by atoms with E-state index in [9.17, 15) is 0 Å². The van der Waals surface area contributed by atoms with Crippen molar-refractivity contribution in [2.75, 3.05) is 13.1 Å². The Labute approximate surface area is 122 Å². The van der Waals surface area contributed by atoms with Crippen molar-refractivity contribution in [3.63, 3.8) is 0 Å². The Balaban J connectivity index is 2.09. The summed E-state index contributed by atoms with van der Waals surface area (Å²) in [6.07, 6.45) is 5.08. The fourth-order valence-corrected chi connectivity index (χ4v) is 3.43. The van der Waals surface area contributed by atoms with Crippen LogP contribution in [0.4, 0.5) is 0 Å². The highest BCUT2D eigenvalue weighted by molar-refractivity contribution is 9.10. The van der Waals surface area contributed by atoms with Crippen LogP contribution in [0.1, 0.15) is 24.6 Å². The number of benzene rings is 1. The molecule has 0 saturated carbocycles. The number of rotatable bonds is 2. The lowest BCUT2D eigenvalue weighted by Crippen LogP contribution is -2.27. The summed E-state index contributed by atoms with van der Waals surface area (Å²) in [5.41, 5.74) is 3.88. The number of aryl methyl sites for hydroxylation is 1. The van der Waals surface area contributed by atoms with Gasteiger partial charge in [0.2, 0.25) is 0 Å². The second kappa shape index (κ2) is 4.76. The van der Waals surface area contributed by atoms with Gasteiger partial charge in [0.15, 0.2) is 0 Å². The average molecular weight is 320 g/mol. The fraction of sp³-hybridized carbons (Fsp3) is 0.400. The van der Waals surface area contributed by atoms with Crippen molar-refractivity contribution in [1.82, 2.24) is 14.9 Å². The third-order valence-electron chi connectivity index (χ3n) is 3.93. The Morgan fingerprint density at radius 1 is 1.37 bits per heavy atom. The summed E-state index contributed by atoms with van der Waals surface area (Å²) in [5, 5.41) is 3.45. The van der Waals surface area contributed by atoms with Crippen molar-refractivity contribution in [2.24, 2.45) is 0 Å². The Morgan fingerprint density at radius 2 is 2.21 bits per heavy atom. The van der Waals surface area contributed by atoms with E-state index in [-0.39, 0.29) is 5.41 Å². The van der Waals surface area contributed by atoms with Gasteiger partial charge in [-0.05, 0) is 43.7 Å². The molecule has 2 aromatic rings. The highest BCUT2D eigenvalue weighted by atomic mass is 79.9. The van der Waals surface area contributed by atoms with E-state index >= 15 is 0 Å². The van der Waals surface area contributed by atoms with Crippen LogP contribution in [0.2, 0.25) is 0 Å². The molecule has 0 aliphatic carbocycles. The molecule has 1 aromatic carbocycles. The molecule has 1 fully saturated rings. The van der Waals surface area contributed by atoms with Gasteiger partial charge in [0.1, 0.15) is 0 Å². The molecule has 4 heteroatoms. The molecular formula is C15H18BrN3. The molecule has 0 radical (unpaired) electrons. The molecule has 1 aliphatic rings. The minimum Gasteiger partial charge on any atom is -0.316 e. The summed E-state index contributed by atoms with van der Waals surface area (Å²) >= 11 is 3.57. The number of nitrogens with one attached hydrogen (secondary N) is 1. The number of hydrogen-bond donors (Lipinski definition) is 1. The van der Waals surface area contributed by atoms with Gasteiger partial charge in [-0.1, -0.05) is 22.9 Å². The summed E-state index contributed by atoms with van der Waals surface area (Å²) in [5.74, 6) is 0. The van der Waals surface area contributed by atoms with E-state index in [0.29, 0.717) is 0 Å². The van der Waals surface area contributed by atoms with Crippen LogP contribution < -0.4 is 5.32 Å². The van der Waals surface area contributed by atoms with Gasteiger partial charge in [-0.2, -0.15) is 0 Å². The number of halogens is 1. The first-order chi connectivity index (χ1) is 9.08. The molecule has 0 spiro atoms. The molecule has 100 valence electrons. The Morgan fingerprint density at radius 3 is 2.89 bits per heavy atom. The third-order valence-corrected chi connectivity index (χ3v) is 4.39. The van der Waals surface area contributed by atoms with E-state index in [1.807, 2.05) is 12.5 Å². The van der Waals surface area contributed by atoms with E-state index in [1.165, 1.54) is 16.9 Å². The van der Waals surface area contributed by atoms with E-state index < -0.39 is 0 Å². The number of imidazole rings is 1. The summed E-state index contributed by atoms with van der Waals surface area (Å²) in [6, 6.07) is 6.46. The zero-order valence-electron chi connectivity index (χ0n) is 11.3. The molecule has 1 saturated heterocycles. The molecule has 1 unspecified atom stereocenters. The molecule has 1 N–H and O–H groups in total. The lowest BCUT2D eigenvalue weighted by Gasteiger charge is -2.24. The summed E-state index contributed by atoms with van der Waals surface area (Å²) in [7, 11) is 0. The average Bonchev–Trinajstić information content (AvgIpc) is 2.96. The lowest BCUT2D eigenvalue weighted by atomic mass is 9.86. The maximum absolute atomic E-state index is 4.37. The second-order valence-electron chi connectivity index (χ2n) is 5.62. The van der Waals surface area contributed by atoms with Crippen LogP contribution in [0.3, 0.4) is 0 Å². The first-order valence-corrected chi connectivity index (χ1v) is 7.39. The molecule has 0 amide bonds. The van der Waals surface area contributed by atoms with Gasteiger partial charge >= 0.3 is 0 Å². The number of hydrogen-bond acceptors (Lipinski definition) is 2. The van der Waals surface area contributed by atoms with Crippen molar-refractivity contribution in [1.29, 1.82) is 0 Å². The lowest BCUT2D eigenvalue weighted by molar-refractivity contribution is 0.499. The highest BCUT2D eigenvalue weighted by Gasteiger charge is 2.33. The fourth-order valence-electron chi connectivity index (χ4n) is 2.84. The van der Waals surface area contributed by atoms with Crippen LogP contribution >= 0.6 is 15.9 Å². The number of nitrogens with zero attached hydrogens (tertiary/aromatic N) is 2. The SMILES string of the molecule is Cc1cc(Br)cc(-n2cncc2C2(C)CCNC2)c1. The van der Waals surface area contributed by atoms with E-state index in [4.69, 9.17) is 0 Å². The van der Waals surface area contributed by atoms with Crippen LogP contribution in [0.15, 0.2) is 35.2 Å². The molecule has 1 aliphatic heterocycles. The third kappa shape index (κ3) is 2.35. The zero-order chi connectivity index (χ0) is 13.5. The van der Waals surface area contributed by atoms with Crippen molar-refractivity contribution in [2.45, 2.75) is 25.7 Å². The van der Waals surface area contributed by atoms with Crippen LogP contribution in [0.25, 0.3) is 5.69 Å². The molecule has 3 rings (SSSR count). The van der Waals surface area contributed by atoms with E-state index in [2.05, 4.69) is 62.8 Å². The topological polar surface area (TPSA) is 29.9 Å². The highest BCUT2D eigenvalue weighted by Crippen LogP contribution is 2.32. The van der Waals surface area contributed by atoms with Crippen LogP contribution in [0, 0.1) is 6.92 Å². The Hall–Kier alpha value is -1.13. The molecule has 1 atom stereocenters. The van der Waals surface area contributed by atoms with Gasteiger partial charge in [-0.15, -0.1) is 0 Å². The van der Waals surface area contributed by atoms with Gasteiger partial charge in [0.05, 0.1) is 6.33 Å². The van der Waals surface area contributed by atoms with Crippen molar-refractivity contribution < 1.29 is 0 Å². The minimum absolute atomic E-state index is 0.173.